The number of aromatic amines is 1. The van der Waals surface area contributed by atoms with E-state index in [1.807, 2.05) is 60.9 Å². The molecule has 7 N–H and O–H groups in total. The molecule has 4 atom stereocenters. The molecule has 1 aliphatic rings. The van der Waals surface area contributed by atoms with Crippen molar-refractivity contribution in [2.75, 3.05) is 37.1 Å². The first kappa shape index (κ1) is 50.1. The topological polar surface area (TPSA) is 262 Å². The lowest BCUT2D eigenvalue weighted by molar-refractivity contribution is -0.147. The predicted octanol–water partition coefficient (Wildman–Crippen LogP) is 2.09. The van der Waals surface area contributed by atoms with Gasteiger partial charge in [-0.25, -0.2) is 0 Å². The van der Waals surface area contributed by atoms with Gasteiger partial charge in [-0.05, 0) is 78.2 Å². The smallest absolute Gasteiger partial charge is 0.362 e. The van der Waals surface area contributed by atoms with Gasteiger partial charge in [0.15, 0.2) is 0 Å². The van der Waals surface area contributed by atoms with E-state index in [-0.39, 0.29) is 43.8 Å². The summed E-state index contributed by atoms with van der Waals surface area (Å²) in [5, 5.41) is 14.5. The number of imide groups is 1. The summed E-state index contributed by atoms with van der Waals surface area (Å²) >= 11 is 2.91. The maximum atomic E-state index is 14.1. The summed E-state index contributed by atoms with van der Waals surface area (Å²) in [7, 11) is -4.80. The molecule has 1 aromatic heterocycles. The lowest BCUT2D eigenvalue weighted by Crippen LogP contribution is -2.57. The number of aromatic nitrogens is 1. The van der Waals surface area contributed by atoms with Gasteiger partial charge in [0, 0.05) is 49.3 Å². The minimum atomic E-state index is -4.80. The summed E-state index contributed by atoms with van der Waals surface area (Å²) in [5.41, 5.74) is 2.98. The quantitative estimate of drug-likeness (QED) is 0.0371. The van der Waals surface area contributed by atoms with Crippen LogP contribution in [-0.2, 0) is 63.2 Å². The molecular formula is C44H53N7O11S3. The first-order chi connectivity index (χ1) is 31.1. The van der Waals surface area contributed by atoms with Crippen LogP contribution in [0.3, 0.4) is 0 Å². The van der Waals surface area contributed by atoms with Crippen molar-refractivity contribution < 1.29 is 50.7 Å². The van der Waals surface area contributed by atoms with E-state index in [2.05, 4.69) is 35.8 Å². The molecule has 0 aliphatic carbocycles. The minimum Gasteiger partial charge on any atom is -0.362 e. The summed E-state index contributed by atoms with van der Waals surface area (Å²) in [5.74, 6) is -3.70. The van der Waals surface area contributed by atoms with Crippen molar-refractivity contribution in [2.24, 2.45) is 0 Å². The second-order valence-electron chi connectivity index (χ2n) is 15.1. The van der Waals surface area contributed by atoms with Gasteiger partial charge >= 0.3 is 10.4 Å². The number of hydrogen-bond donors (Lipinski definition) is 7. The predicted molar refractivity (Wildman–Crippen MR) is 247 cm³/mol. The molecule has 1 aliphatic heterocycles. The van der Waals surface area contributed by atoms with Crippen molar-refractivity contribution in [3.63, 3.8) is 0 Å². The molecule has 65 heavy (non-hydrogen) atoms. The van der Waals surface area contributed by atoms with Crippen LogP contribution in [0.5, 0.6) is 5.75 Å². The SMILES string of the molecule is CSCC[C@H](NC(=O)[C@@H](Cc1c[nH]c2ccccc12)NC(=O)CNC(=O)[C@H](CCSC)NC(=O)[C@H](Cc1ccc(OS(=O)(=O)O)cc1)N1C(=O)CCC1=O)C(=O)NCCc1ccccc1. The average Bonchev–Trinajstić information content (AvgIpc) is 3.85. The highest BCUT2D eigenvalue weighted by atomic mass is 32.3. The van der Waals surface area contributed by atoms with Crippen LogP contribution in [0.1, 0.15) is 42.4 Å². The number of nitrogens with zero attached hydrogens (tertiary/aromatic N) is 1. The van der Waals surface area contributed by atoms with Gasteiger partial charge in [-0.15, -0.1) is 0 Å². The summed E-state index contributed by atoms with van der Waals surface area (Å²) < 4.78 is 35.7. The third-order valence-electron chi connectivity index (χ3n) is 10.5. The molecule has 7 amide bonds. The van der Waals surface area contributed by atoms with Crippen molar-refractivity contribution in [3.05, 3.63) is 102 Å². The van der Waals surface area contributed by atoms with E-state index in [4.69, 9.17) is 4.55 Å². The highest BCUT2D eigenvalue weighted by Gasteiger charge is 2.40. The number of carbonyl (C=O) groups is 7. The van der Waals surface area contributed by atoms with E-state index in [9.17, 15) is 42.0 Å². The van der Waals surface area contributed by atoms with Crippen LogP contribution in [-0.4, -0.2) is 125 Å². The molecule has 2 heterocycles. The number of hydrogen-bond acceptors (Lipinski definition) is 12. The number of carbonyl (C=O) groups excluding carboxylic acids is 7. The van der Waals surface area contributed by atoms with E-state index in [1.165, 1.54) is 47.8 Å². The lowest BCUT2D eigenvalue weighted by atomic mass is 10.0. The van der Waals surface area contributed by atoms with Crippen LogP contribution in [0.25, 0.3) is 10.9 Å². The van der Waals surface area contributed by atoms with Gasteiger partial charge in [-0.3, -0.25) is 43.0 Å². The largest absolute Gasteiger partial charge is 0.446 e. The third-order valence-corrected chi connectivity index (χ3v) is 12.2. The monoisotopic (exact) mass is 951 g/mol. The Morgan fingerprint density at radius 2 is 1.32 bits per heavy atom. The molecule has 4 aromatic rings. The number of fused-ring (bicyclic) bond motifs is 1. The van der Waals surface area contributed by atoms with E-state index in [0.717, 1.165) is 26.9 Å². The van der Waals surface area contributed by atoms with Crippen LogP contribution >= 0.6 is 23.5 Å². The zero-order valence-electron chi connectivity index (χ0n) is 35.9. The number of amides is 7. The molecule has 0 radical (unpaired) electrons. The Labute approximate surface area is 385 Å². The van der Waals surface area contributed by atoms with Crippen molar-refractivity contribution in [3.8, 4) is 5.75 Å². The number of nitrogens with one attached hydrogen (secondary N) is 6. The molecule has 3 aromatic carbocycles. The van der Waals surface area contributed by atoms with Gasteiger partial charge in [0.05, 0.1) is 6.54 Å². The van der Waals surface area contributed by atoms with Crippen LogP contribution in [0.4, 0.5) is 0 Å². The fourth-order valence-corrected chi connectivity index (χ4v) is 8.48. The maximum absolute atomic E-state index is 14.1. The number of thioether (sulfide) groups is 2. The Balaban J connectivity index is 1.28. The van der Waals surface area contributed by atoms with E-state index in [1.54, 1.807) is 12.5 Å². The first-order valence-electron chi connectivity index (χ1n) is 20.8. The molecule has 1 saturated heterocycles. The summed E-state index contributed by atoms with van der Waals surface area (Å²) in [6, 6.07) is 17.6. The standard InChI is InChI=1S/C44H53N7O11S3/c1-63-22-19-34(41(55)45-21-18-28-8-4-3-5-9-28)49-43(57)36(25-30-26-46-33-11-7-6-10-32(30)33)48-38(52)27-47-42(56)35(20-23-64-2)50-44(58)37(51-39(53)16-17-40(51)54)24-29-12-14-31(15-13-29)62-65(59,60)61/h3-15,26,34-37,46H,16-25,27H2,1-2H3,(H,45,55)(H,47,56)(H,48,52)(H,49,57)(H,50,58)(H,59,60,61)/t34-,35-,36+,37-/m0/s1. The van der Waals surface area contributed by atoms with Gasteiger partial charge in [0.25, 0.3) is 0 Å². The first-order valence-corrected chi connectivity index (χ1v) is 24.9. The van der Waals surface area contributed by atoms with E-state index < -0.39 is 76.6 Å². The summed E-state index contributed by atoms with van der Waals surface area (Å²) in [6.07, 6.45) is 6.05. The van der Waals surface area contributed by atoms with Crippen LogP contribution in [0, 0.1) is 0 Å². The van der Waals surface area contributed by atoms with Gasteiger partial charge < -0.3 is 35.8 Å². The van der Waals surface area contributed by atoms with Crippen LogP contribution < -0.4 is 30.8 Å². The molecule has 0 spiro atoms. The third kappa shape index (κ3) is 15.4. The number of likely N-dealkylation sites (tertiary alicyclic amines) is 1. The Morgan fingerprint density at radius 1 is 0.723 bits per heavy atom. The highest BCUT2D eigenvalue weighted by Crippen LogP contribution is 2.22. The van der Waals surface area contributed by atoms with Gasteiger partial charge in [-0.2, -0.15) is 31.9 Å². The van der Waals surface area contributed by atoms with Crippen LogP contribution in [0.15, 0.2) is 85.1 Å². The molecular weight excluding hydrogens is 899 g/mol. The fourth-order valence-electron chi connectivity index (χ4n) is 7.18. The second kappa shape index (κ2) is 24.4. The van der Waals surface area contributed by atoms with E-state index >= 15 is 0 Å². The molecule has 348 valence electrons. The zero-order valence-corrected chi connectivity index (χ0v) is 38.3. The molecule has 1 fully saturated rings. The van der Waals surface area contributed by atoms with Crippen molar-refractivity contribution in [2.45, 2.75) is 69.1 Å². The Hall–Kier alpha value is -5.90. The molecule has 0 unspecified atom stereocenters. The average molecular weight is 952 g/mol. The number of para-hydroxylation sites is 1. The second-order valence-corrected chi connectivity index (χ2v) is 18.1. The summed E-state index contributed by atoms with van der Waals surface area (Å²) in [4.78, 5) is 98.5. The minimum absolute atomic E-state index is 0.0401. The Morgan fingerprint density at radius 3 is 1.95 bits per heavy atom. The maximum Gasteiger partial charge on any atom is 0.446 e. The van der Waals surface area contributed by atoms with E-state index in [0.29, 0.717) is 36.5 Å². The van der Waals surface area contributed by atoms with Gasteiger partial charge in [0.2, 0.25) is 41.4 Å². The molecule has 0 saturated carbocycles. The van der Waals surface area contributed by atoms with Crippen LogP contribution in [0.2, 0.25) is 0 Å². The zero-order chi connectivity index (χ0) is 46.9. The Kier molecular flexibility index (Phi) is 18.8. The number of benzene rings is 3. The number of H-pyrrole nitrogens is 1. The molecule has 21 heteroatoms. The Bertz CT molecular complexity index is 2400. The number of rotatable bonds is 25. The summed E-state index contributed by atoms with van der Waals surface area (Å²) in [6.45, 7) is -0.245. The highest BCUT2D eigenvalue weighted by molar-refractivity contribution is 7.98. The lowest BCUT2D eigenvalue weighted by Gasteiger charge is -2.28. The fraction of sp³-hybridized carbons (Fsp3) is 0.386. The van der Waals surface area contributed by atoms with Crippen molar-refractivity contribution >= 4 is 86.2 Å². The molecule has 5 rings (SSSR count). The molecule has 18 nitrogen and oxygen atoms in total. The van der Waals surface area contributed by atoms with Gasteiger partial charge in [0.1, 0.15) is 29.9 Å². The normalized spacial score (nSPS) is 14.5. The molecule has 0 bridgehead atoms. The van der Waals surface area contributed by atoms with Crippen molar-refractivity contribution in [1.82, 2.24) is 36.5 Å². The van der Waals surface area contributed by atoms with Gasteiger partial charge in [-0.1, -0.05) is 60.7 Å². The van der Waals surface area contributed by atoms with Crippen molar-refractivity contribution in [1.29, 1.82) is 0 Å².